The van der Waals surface area contributed by atoms with Gasteiger partial charge in [-0.25, -0.2) is 4.98 Å². The third kappa shape index (κ3) is 2.74. The highest BCUT2D eigenvalue weighted by Gasteiger charge is 2.20. The number of halogens is 1. The number of benzene rings is 1. The van der Waals surface area contributed by atoms with Crippen LogP contribution < -0.4 is 5.32 Å². The molecule has 1 aromatic heterocycles. The zero-order valence-electron chi connectivity index (χ0n) is 11.1. The molecule has 1 N–H and O–H groups in total. The van der Waals surface area contributed by atoms with Crippen LogP contribution in [0.25, 0.3) is 11.3 Å². The summed E-state index contributed by atoms with van der Waals surface area (Å²) < 4.78 is 3.28. The van der Waals surface area contributed by atoms with Gasteiger partial charge in [0.25, 0.3) is 0 Å². The maximum atomic E-state index is 4.86. The van der Waals surface area contributed by atoms with Gasteiger partial charge in [0, 0.05) is 29.2 Å². The Morgan fingerprint density at radius 1 is 1.32 bits per heavy atom. The monoisotopic (exact) mass is 319 g/mol. The molecule has 1 aromatic carbocycles. The summed E-state index contributed by atoms with van der Waals surface area (Å²) in [5, 5.41) is 3.41. The van der Waals surface area contributed by atoms with Crippen molar-refractivity contribution in [2.45, 2.75) is 18.8 Å². The topological polar surface area (TPSA) is 29.9 Å². The molecule has 1 fully saturated rings. The highest BCUT2D eigenvalue weighted by Crippen LogP contribution is 2.28. The summed E-state index contributed by atoms with van der Waals surface area (Å²) in [6, 6.07) is 8.33. The predicted molar refractivity (Wildman–Crippen MR) is 81.2 cm³/mol. The summed E-state index contributed by atoms with van der Waals surface area (Å²) >= 11 is 3.52. The lowest BCUT2D eigenvalue weighted by Gasteiger charge is -2.21. The molecule has 3 nitrogen and oxygen atoms in total. The highest BCUT2D eigenvalue weighted by atomic mass is 79.9. The van der Waals surface area contributed by atoms with E-state index in [1.165, 1.54) is 24.2 Å². The fourth-order valence-electron chi connectivity index (χ4n) is 2.73. The van der Waals surface area contributed by atoms with E-state index >= 15 is 0 Å². The molecule has 0 unspecified atom stereocenters. The molecule has 0 radical (unpaired) electrons. The number of aromatic nitrogens is 2. The normalized spacial score (nSPS) is 16.7. The molecule has 100 valence electrons. The minimum atomic E-state index is 0.590. The van der Waals surface area contributed by atoms with Crippen molar-refractivity contribution in [2.24, 2.45) is 7.05 Å². The van der Waals surface area contributed by atoms with Crippen LogP contribution in [0.1, 0.15) is 24.6 Å². The average Bonchev–Trinajstić information content (AvgIpc) is 2.82. The van der Waals surface area contributed by atoms with E-state index in [-0.39, 0.29) is 0 Å². The number of rotatable bonds is 2. The first-order chi connectivity index (χ1) is 9.24. The van der Waals surface area contributed by atoms with Crippen molar-refractivity contribution in [3.8, 4) is 11.3 Å². The van der Waals surface area contributed by atoms with E-state index in [4.69, 9.17) is 4.98 Å². The lowest BCUT2D eigenvalue weighted by Crippen LogP contribution is -2.27. The Kier molecular flexibility index (Phi) is 3.71. The van der Waals surface area contributed by atoms with Gasteiger partial charge in [-0.3, -0.25) is 0 Å². The van der Waals surface area contributed by atoms with Crippen molar-refractivity contribution in [1.82, 2.24) is 14.9 Å². The lowest BCUT2D eigenvalue weighted by molar-refractivity contribution is 0.437. The van der Waals surface area contributed by atoms with E-state index in [1.807, 2.05) is 6.07 Å². The molecule has 1 aliphatic heterocycles. The Labute approximate surface area is 122 Å². The van der Waals surface area contributed by atoms with Crippen LogP contribution in [0.2, 0.25) is 0 Å². The highest BCUT2D eigenvalue weighted by molar-refractivity contribution is 9.10. The van der Waals surface area contributed by atoms with E-state index in [0.29, 0.717) is 5.92 Å². The average molecular weight is 320 g/mol. The Morgan fingerprint density at radius 3 is 2.84 bits per heavy atom. The summed E-state index contributed by atoms with van der Waals surface area (Å²) in [6.45, 7) is 2.20. The van der Waals surface area contributed by atoms with E-state index in [2.05, 4.69) is 57.3 Å². The van der Waals surface area contributed by atoms with E-state index in [0.717, 1.165) is 23.3 Å². The van der Waals surface area contributed by atoms with Crippen LogP contribution in [0, 0.1) is 0 Å². The van der Waals surface area contributed by atoms with Crippen molar-refractivity contribution in [3.63, 3.8) is 0 Å². The van der Waals surface area contributed by atoms with Crippen molar-refractivity contribution in [2.75, 3.05) is 13.1 Å². The summed E-state index contributed by atoms with van der Waals surface area (Å²) in [7, 11) is 2.10. The number of piperidine rings is 1. The van der Waals surface area contributed by atoms with Gasteiger partial charge in [0.05, 0.1) is 5.69 Å². The third-order valence-electron chi connectivity index (χ3n) is 3.74. The summed E-state index contributed by atoms with van der Waals surface area (Å²) in [4.78, 5) is 4.86. The molecule has 0 amide bonds. The molecule has 0 saturated carbocycles. The van der Waals surface area contributed by atoms with E-state index < -0.39 is 0 Å². The molecule has 2 heterocycles. The first-order valence-electron chi connectivity index (χ1n) is 6.74. The Bertz CT molecular complexity index is 571. The largest absolute Gasteiger partial charge is 0.337 e. The molecular weight excluding hydrogens is 302 g/mol. The molecule has 4 heteroatoms. The summed E-state index contributed by atoms with van der Waals surface area (Å²) in [5.74, 6) is 1.81. The second-order valence-electron chi connectivity index (χ2n) is 5.13. The zero-order chi connectivity index (χ0) is 13.2. The standard InChI is InChI=1S/C15H18BrN3/c1-19-10-14(12-3-2-4-13(16)9-12)18-15(19)11-5-7-17-8-6-11/h2-4,9-11,17H,5-8H2,1H3. The number of imidazole rings is 1. The minimum absolute atomic E-state index is 0.590. The number of nitrogens with zero attached hydrogens (tertiary/aromatic N) is 2. The van der Waals surface area contributed by atoms with Gasteiger partial charge >= 0.3 is 0 Å². The smallest absolute Gasteiger partial charge is 0.112 e. The first-order valence-corrected chi connectivity index (χ1v) is 7.53. The van der Waals surface area contributed by atoms with Gasteiger partial charge < -0.3 is 9.88 Å². The summed E-state index contributed by atoms with van der Waals surface area (Å²) in [5.41, 5.74) is 2.24. The number of nitrogens with one attached hydrogen (secondary N) is 1. The Hall–Kier alpha value is -1.13. The Morgan fingerprint density at radius 2 is 2.11 bits per heavy atom. The molecule has 2 aromatic rings. The van der Waals surface area contributed by atoms with Crippen molar-refractivity contribution in [3.05, 3.63) is 40.8 Å². The van der Waals surface area contributed by atoms with Gasteiger partial charge in [0.2, 0.25) is 0 Å². The Balaban J connectivity index is 1.92. The quantitative estimate of drug-likeness (QED) is 0.920. The van der Waals surface area contributed by atoms with Gasteiger partial charge in [0.1, 0.15) is 5.82 Å². The SMILES string of the molecule is Cn1cc(-c2cccc(Br)c2)nc1C1CCNCC1. The van der Waals surface area contributed by atoms with Crippen LogP contribution in [0.5, 0.6) is 0 Å². The molecule has 0 spiro atoms. The van der Waals surface area contributed by atoms with Gasteiger partial charge in [0.15, 0.2) is 0 Å². The van der Waals surface area contributed by atoms with Gasteiger partial charge in [-0.1, -0.05) is 28.1 Å². The number of hydrogen-bond acceptors (Lipinski definition) is 2. The maximum absolute atomic E-state index is 4.86. The van der Waals surface area contributed by atoms with E-state index in [9.17, 15) is 0 Å². The predicted octanol–water partition coefficient (Wildman–Crippen LogP) is 3.32. The lowest BCUT2D eigenvalue weighted by atomic mass is 9.97. The minimum Gasteiger partial charge on any atom is -0.337 e. The fourth-order valence-corrected chi connectivity index (χ4v) is 3.13. The van der Waals surface area contributed by atoms with Crippen LogP contribution in [0.15, 0.2) is 34.9 Å². The molecule has 0 atom stereocenters. The number of aryl methyl sites for hydroxylation is 1. The zero-order valence-corrected chi connectivity index (χ0v) is 12.7. The fraction of sp³-hybridized carbons (Fsp3) is 0.400. The van der Waals surface area contributed by atoms with Gasteiger partial charge in [-0.05, 0) is 38.1 Å². The molecular formula is C15H18BrN3. The third-order valence-corrected chi connectivity index (χ3v) is 4.23. The molecule has 1 saturated heterocycles. The van der Waals surface area contributed by atoms with Crippen molar-refractivity contribution >= 4 is 15.9 Å². The molecule has 0 aliphatic carbocycles. The van der Waals surface area contributed by atoms with Crippen molar-refractivity contribution < 1.29 is 0 Å². The van der Waals surface area contributed by atoms with E-state index in [1.54, 1.807) is 0 Å². The molecule has 1 aliphatic rings. The van der Waals surface area contributed by atoms with Crippen LogP contribution in [0.4, 0.5) is 0 Å². The van der Waals surface area contributed by atoms with Crippen LogP contribution in [0.3, 0.4) is 0 Å². The molecule has 3 rings (SSSR count). The summed E-state index contributed by atoms with van der Waals surface area (Å²) in [6.07, 6.45) is 4.50. The second kappa shape index (κ2) is 5.47. The second-order valence-corrected chi connectivity index (χ2v) is 6.05. The van der Waals surface area contributed by atoms with Crippen molar-refractivity contribution in [1.29, 1.82) is 0 Å². The molecule has 0 bridgehead atoms. The van der Waals surface area contributed by atoms with Crippen LogP contribution >= 0.6 is 15.9 Å². The first kappa shape index (κ1) is 12.9. The number of hydrogen-bond donors (Lipinski definition) is 1. The van der Waals surface area contributed by atoms with Crippen LogP contribution in [-0.2, 0) is 7.05 Å². The van der Waals surface area contributed by atoms with Gasteiger partial charge in [-0.15, -0.1) is 0 Å². The van der Waals surface area contributed by atoms with Crippen LogP contribution in [-0.4, -0.2) is 22.6 Å². The molecule has 19 heavy (non-hydrogen) atoms. The van der Waals surface area contributed by atoms with Gasteiger partial charge in [-0.2, -0.15) is 0 Å². The maximum Gasteiger partial charge on any atom is 0.112 e.